The van der Waals surface area contributed by atoms with Gasteiger partial charge in [0.05, 0.1) is 36.5 Å². The quantitative estimate of drug-likeness (QED) is 0.332. The molecule has 1 saturated heterocycles. The number of aliphatic hydroxyl groups excluding tert-OH is 1. The zero-order valence-electron chi connectivity index (χ0n) is 19.8. The van der Waals surface area contributed by atoms with Gasteiger partial charge in [-0.2, -0.15) is 0 Å². The molecule has 2 aromatic carbocycles. The summed E-state index contributed by atoms with van der Waals surface area (Å²) >= 11 is 0. The smallest absolute Gasteiger partial charge is 0.296 e. The number of rotatable bonds is 5. The maximum absolute atomic E-state index is 13.3. The second-order valence-corrected chi connectivity index (χ2v) is 9.32. The number of nitrogens with zero attached hydrogens (tertiary/aromatic N) is 2. The fraction of sp³-hybridized carbons (Fsp3) is 0.250. The molecule has 1 N–H and O–H groups in total. The summed E-state index contributed by atoms with van der Waals surface area (Å²) in [5, 5.41) is 11.5. The van der Waals surface area contributed by atoms with Crippen LogP contribution in [0.3, 0.4) is 0 Å². The van der Waals surface area contributed by atoms with Crippen molar-refractivity contribution in [3.63, 3.8) is 0 Å². The van der Waals surface area contributed by atoms with Gasteiger partial charge in [0.15, 0.2) is 0 Å². The van der Waals surface area contributed by atoms with Crippen LogP contribution < -0.4 is 4.74 Å². The van der Waals surface area contributed by atoms with E-state index < -0.39 is 17.7 Å². The van der Waals surface area contributed by atoms with Crippen LogP contribution in [-0.4, -0.2) is 33.8 Å². The molecule has 1 fully saturated rings. The first kappa shape index (κ1) is 23.2. The van der Waals surface area contributed by atoms with Crippen molar-refractivity contribution in [1.29, 1.82) is 0 Å². The van der Waals surface area contributed by atoms with E-state index in [9.17, 15) is 14.7 Å². The Hall–Kier alpha value is -3.93. The van der Waals surface area contributed by atoms with Crippen molar-refractivity contribution in [1.82, 2.24) is 9.88 Å². The molecular formula is C28H28N2O4. The van der Waals surface area contributed by atoms with Gasteiger partial charge in [-0.25, -0.2) is 0 Å². The molecule has 0 saturated carbocycles. The lowest BCUT2D eigenvalue weighted by atomic mass is 9.85. The number of benzene rings is 2. The summed E-state index contributed by atoms with van der Waals surface area (Å²) in [6.45, 7) is 6.33. The molecule has 0 bridgehead atoms. The minimum atomic E-state index is -0.758. The van der Waals surface area contributed by atoms with Crippen molar-refractivity contribution in [2.75, 3.05) is 7.11 Å². The monoisotopic (exact) mass is 456 g/mol. The normalized spacial score (nSPS) is 17.8. The molecule has 1 atom stereocenters. The molecule has 1 aromatic heterocycles. The van der Waals surface area contributed by atoms with Crippen LogP contribution in [0.25, 0.3) is 5.76 Å². The second-order valence-electron chi connectivity index (χ2n) is 9.32. The molecule has 1 amide bonds. The number of ketones is 1. The van der Waals surface area contributed by atoms with Gasteiger partial charge in [0.2, 0.25) is 0 Å². The van der Waals surface area contributed by atoms with E-state index in [0.29, 0.717) is 17.0 Å². The van der Waals surface area contributed by atoms with E-state index >= 15 is 0 Å². The van der Waals surface area contributed by atoms with Gasteiger partial charge in [-0.05, 0) is 40.8 Å². The van der Waals surface area contributed by atoms with Crippen molar-refractivity contribution in [3.05, 3.63) is 101 Å². The number of pyridine rings is 1. The van der Waals surface area contributed by atoms with Crippen molar-refractivity contribution >= 4 is 17.4 Å². The van der Waals surface area contributed by atoms with Crippen LogP contribution in [0.15, 0.2) is 78.5 Å². The van der Waals surface area contributed by atoms with Gasteiger partial charge in [0.1, 0.15) is 11.5 Å². The standard InChI is InChI=1S/C28H28N2O4/c1-28(2,3)19-13-14-22(34-4)21(16-19)25(31)23-24(18-10-6-5-7-11-18)30(27(33)26(23)32)17-20-12-8-9-15-29-20/h5-16,24,31H,17H2,1-4H3/b25-23+. The van der Waals surface area contributed by atoms with E-state index in [1.165, 1.54) is 12.0 Å². The Morgan fingerprint density at radius 2 is 1.74 bits per heavy atom. The van der Waals surface area contributed by atoms with E-state index in [1.54, 1.807) is 24.4 Å². The molecule has 0 spiro atoms. The summed E-state index contributed by atoms with van der Waals surface area (Å²) in [5.41, 5.74) is 2.57. The molecule has 3 aromatic rings. The third-order valence-corrected chi connectivity index (χ3v) is 6.03. The highest BCUT2D eigenvalue weighted by Crippen LogP contribution is 2.42. The first-order valence-corrected chi connectivity index (χ1v) is 11.1. The maximum Gasteiger partial charge on any atom is 0.296 e. The van der Waals surface area contributed by atoms with E-state index in [1.807, 2.05) is 48.5 Å². The topological polar surface area (TPSA) is 79.7 Å². The number of carbonyl (C=O) groups is 2. The predicted molar refractivity (Wildman–Crippen MR) is 130 cm³/mol. The lowest BCUT2D eigenvalue weighted by Gasteiger charge is -2.25. The zero-order chi connectivity index (χ0) is 24.5. The highest BCUT2D eigenvalue weighted by atomic mass is 16.5. The largest absolute Gasteiger partial charge is 0.507 e. The molecule has 6 heteroatoms. The van der Waals surface area contributed by atoms with Gasteiger partial charge in [0.25, 0.3) is 11.7 Å². The van der Waals surface area contributed by atoms with E-state index in [4.69, 9.17) is 4.74 Å². The van der Waals surface area contributed by atoms with E-state index in [-0.39, 0.29) is 23.3 Å². The number of Topliss-reactive ketones (excluding diaryl/α,β-unsaturated/α-hetero) is 1. The van der Waals surface area contributed by atoms with Gasteiger partial charge in [-0.15, -0.1) is 0 Å². The lowest BCUT2D eigenvalue weighted by Crippen LogP contribution is -2.29. The number of aliphatic hydroxyl groups is 1. The summed E-state index contributed by atoms with van der Waals surface area (Å²) < 4.78 is 5.51. The first-order chi connectivity index (χ1) is 16.2. The van der Waals surface area contributed by atoms with Gasteiger partial charge in [-0.3, -0.25) is 14.6 Å². The van der Waals surface area contributed by atoms with Crippen LogP contribution in [0, 0.1) is 0 Å². The number of hydrogen-bond donors (Lipinski definition) is 1. The van der Waals surface area contributed by atoms with Gasteiger partial charge in [-0.1, -0.05) is 63.2 Å². The van der Waals surface area contributed by atoms with E-state index in [2.05, 4.69) is 25.8 Å². The summed E-state index contributed by atoms with van der Waals surface area (Å²) in [5.74, 6) is -1.23. The Balaban J connectivity index is 1.91. The molecule has 6 nitrogen and oxygen atoms in total. The predicted octanol–water partition coefficient (Wildman–Crippen LogP) is 5.01. The Labute approximate surface area is 199 Å². The minimum absolute atomic E-state index is 0.0384. The Bertz CT molecular complexity index is 1240. The van der Waals surface area contributed by atoms with Crippen molar-refractivity contribution in [2.45, 2.75) is 38.8 Å². The summed E-state index contributed by atoms with van der Waals surface area (Å²) in [6.07, 6.45) is 1.65. The van der Waals surface area contributed by atoms with Crippen LogP contribution in [-0.2, 0) is 21.5 Å². The van der Waals surface area contributed by atoms with Crippen molar-refractivity contribution in [2.24, 2.45) is 0 Å². The third-order valence-electron chi connectivity index (χ3n) is 6.03. The fourth-order valence-corrected chi connectivity index (χ4v) is 4.20. The molecule has 0 radical (unpaired) electrons. The van der Waals surface area contributed by atoms with Crippen molar-refractivity contribution in [3.8, 4) is 5.75 Å². The van der Waals surface area contributed by atoms with E-state index in [0.717, 1.165) is 11.1 Å². The number of carbonyl (C=O) groups excluding carboxylic acids is 2. The molecule has 4 rings (SSSR count). The molecule has 34 heavy (non-hydrogen) atoms. The summed E-state index contributed by atoms with van der Waals surface area (Å²) in [6, 6.07) is 19.4. The molecule has 1 aliphatic heterocycles. The Morgan fingerprint density at radius 3 is 2.35 bits per heavy atom. The number of likely N-dealkylation sites (tertiary alicyclic amines) is 1. The average Bonchev–Trinajstić information content (AvgIpc) is 3.08. The SMILES string of the molecule is COc1ccc(C(C)(C)C)cc1/C(O)=C1\C(=O)C(=O)N(Cc2ccccn2)C1c1ccccc1. The van der Waals surface area contributed by atoms with Crippen LogP contribution in [0.1, 0.15) is 49.2 Å². The number of amides is 1. The maximum atomic E-state index is 13.3. The van der Waals surface area contributed by atoms with Crippen LogP contribution in [0.2, 0.25) is 0 Å². The second kappa shape index (κ2) is 9.14. The molecule has 0 aliphatic carbocycles. The number of hydrogen-bond acceptors (Lipinski definition) is 5. The fourth-order valence-electron chi connectivity index (χ4n) is 4.20. The number of aromatic nitrogens is 1. The van der Waals surface area contributed by atoms with Crippen molar-refractivity contribution < 1.29 is 19.4 Å². The number of ether oxygens (including phenoxy) is 1. The van der Waals surface area contributed by atoms with Crippen LogP contribution >= 0.6 is 0 Å². The molecule has 174 valence electrons. The summed E-state index contributed by atoms with van der Waals surface area (Å²) in [7, 11) is 1.51. The highest BCUT2D eigenvalue weighted by molar-refractivity contribution is 6.46. The van der Waals surface area contributed by atoms with Gasteiger partial charge in [0, 0.05) is 6.20 Å². The Kier molecular flexibility index (Phi) is 6.24. The van der Waals surface area contributed by atoms with Crippen LogP contribution in [0.5, 0.6) is 5.75 Å². The Morgan fingerprint density at radius 1 is 1.03 bits per heavy atom. The molecular weight excluding hydrogens is 428 g/mol. The highest BCUT2D eigenvalue weighted by Gasteiger charge is 2.46. The van der Waals surface area contributed by atoms with Gasteiger partial charge >= 0.3 is 0 Å². The minimum Gasteiger partial charge on any atom is -0.507 e. The first-order valence-electron chi connectivity index (χ1n) is 11.1. The lowest BCUT2D eigenvalue weighted by molar-refractivity contribution is -0.140. The molecule has 1 unspecified atom stereocenters. The third kappa shape index (κ3) is 4.31. The van der Waals surface area contributed by atoms with Crippen LogP contribution in [0.4, 0.5) is 0 Å². The number of methoxy groups -OCH3 is 1. The zero-order valence-corrected chi connectivity index (χ0v) is 19.8. The average molecular weight is 457 g/mol. The molecule has 1 aliphatic rings. The van der Waals surface area contributed by atoms with Gasteiger partial charge < -0.3 is 14.7 Å². The summed E-state index contributed by atoms with van der Waals surface area (Å²) in [4.78, 5) is 32.3. The molecule has 2 heterocycles.